The molecule has 3 amide bonds. The first-order valence-corrected chi connectivity index (χ1v) is 14.4. The zero-order chi connectivity index (χ0) is 26.3. The highest BCUT2D eigenvalue weighted by Gasteiger charge is 2.72. The number of fused-ring (bicyclic) bond motifs is 1. The summed E-state index contributed by atoms with van der Waals surface area (Å²) < 4.78 is 11.9. The van der Waals surface area contributed by atoms with Crippen LogP contribution in [-0.4, -0.2) is 53.0 Å². The van der Waals surface area contributed by atoms with Gasteiger partial charge < -0.3 is 25.0 Å². The van der Waals surface area contributed by atoms with Crippen LogP contribution in [0.4, 0.5) is 5.69 Å². The number of hydrogen-bond acceptors (Lipinski definition) is 6. The molecule has 0 unspecified atom stereocenters. The molecule has 2 bridgehead atoms. The molecule has 0 radical (unpaired) electrons. The smallest absolute Gasteiger partial charge is 0.246 e. The molecule has 1 aromatic carbocycles. The molecule has 1 aromatic heterocycles. The van der Waals surface area contributed by atoms with Gasteiger partial charge in [0.05, 0.1) is 31.1 Å². The first-order chi connectivity index (χ1) is 18.5. The molecule has 5 atom stereocenters. The molecule has 200 valence electrons. The van der Waals surface area contributed by atoms with E-state index in [9.17, 15) is 14.4 Å². The number of nitrogens with zero attached hydrogens (tertiary/aromatic N) is 1. The molecule has 8 nitrogen and oxygen atoms in total. The van der Waals surface area contributed by atoms with Crippen LogP contribution in [0.2, 0.25) is 0 Å². The van der Waals surface area contributed by atoms with E-state index in [-0.39, 0.29) is 23.8 Å². The number of carbonyl (C=O) groups is 3. The Balaban J connectivity index is 1.28. The molecular formula is C29H33N3O5S. The number of nitrogens with one attached hydrogen (secondary N) is 2. The Hall–Kier alpha value is -3.17. The van der Waals surface area contributed by atoms with E-state index in [0.29, 0.717) is 18.8 Å². The van der Waals surface area contributed by atoms with Gasteiger partial charge in [-0.1, -0.05) is 37.5 Å². The van der Waals surface area contributed by atoms with Crippen molar-refractivity contribution in [2.75, 3.05) is 11.9 Å². The molecule has 4 aliphatic rings. The topological polar surface area (TPSA) is 97.0 Å². The maximum absolute atomic E-state index is 14.0. The van der Waals surface area contributed by atoms with Crippen molar-refractivity contribution in [3.05, 3.63) is 58.8 Å². The first kappa shape index (κ1) is 25.1. The molecule has 4 heterocycles. The van der Waals surface area contributed by atoms with Crippen molar-refractivity contribution in [3.63, 3.8) is 0 Å². The fraction of sp³-hybridized carbons (Fsp3) is 0.483. The van der Waals surface area contributed by atoms with E-state index < -0.39 is 29.6 Å². The van der Waals surface area contributed by atoms with Gasteiger partial charge in [0.25, 0.3) is 0 Å². The van der Waals surface area contributed by atoms with Gasteiger partial charge in [0.15, 0.2) is 0 Å². The molecule has 2 saturated heterocycles. The molecule has 2 N–H and O–H groups in total. The van der Waals surface area contributed by atoms with Gasteiger partial charge in [0.1, 0.15) is 17.4 Å². The number of anilines is 1. The summed E-state index contributed by atoms with van der Waals surface area (Å²) in [6, 6.07) is 10.3. The van der Waals surface area contributed by atoms with Crippen LogP contribution >= 0.6 is 11.3 Å². The van der Waals surface area contributed by atoms with E-state index in [1.807, 2.05) is 36.6 Å². The number of thiophene rings is 1. The second kappa shape index (κ2) is 10.2. The summed E-state index contributed by atoms with van der Waals surface area (Å²) in [5.41, 5.74) is -0.537. The lowest BCUT2D eigenvalue weighted by Gasteiger charge is -2.34. The van der Waals surface area contributed by atoms with E-state index >= 15 is 0 Å². The van der Waals surface area contributed by atoms with E-state index in [4.69, 9.17) is 9.47 Å². The minimum Gasteiger partial charge on any atom is -0.494 e. The van der Waals surface area contributed by atoms with Gasteiger partial charge >= 0.3 is 0 Å². The lowest BCUT2D eigenvalue weighted by atomic mass is 9.74. The Labute approximate surface area is 226 Å². The van der Waals surface area contributed by atoms with E-state index in [1.54, 1.807) is 40.5 Å². The van der Waals surface area contributed by atoms with E-state index in [0.717, 1.165) is 36.3 Å². The van der Waals surface area contributed by atoms with Crippen LogP contribution in [0.1, 0.15) is 43.9 Å². The van der Waals surface area contributed by atoms with Crippen molar-refractivity contribution in [3.8, 4) is 5.75 Å². The van der Waals surface area contributed by atoms with Crippen molar-refractivity contribution in [1.29, 1.82) is 0 Å². The number of benzene rings is 1. The second-order valence-electron chi connectivity index (χ2n) is 10.5. The maximum atomic E-state index is 14.0. The van der Waals surface area contributed by atoms with Gasteiger partial charge in [-0.05, 0) is 55.5 Å². The maximum Gasteiger partial charge on any atom is 0.246 e. The highest BCUT2D eigenvalue weighted by Crippen LogP contribution is 2.55. The molecule has 6 rings (SSSR count). The standard InChI is InChI=1S/C29H33N3O5S/c1-2-36-20-12-10-19(11-13-20)30-26(33)23-22-14-15-29(37-22)24(23)28(35)32(17-21-9-6-16-38-21)25(29)27(34)31-18-7-4-3-5-8-18/h6,9-16,18,22-25H,2-5,7-8,17H2,1H3,(H,30,33)(H,31,34)/t22-,23-,24-,25+,29-/m0/s1. The Morgan fingerprint density at radius 2 is 1.92 bits per heavy atom. The highest BCUT2D eigenvalue weighted by molar-refractivity contribution is 7.09. The van der Waals surface area contributed by atoms with E-state index in [1.165, 1.54) is 6.42 Å². The monoisotopic (exact) mass is 535 g/mol. The van der Waals surface area contributed by atoms with Gasteiger partial charge in [-0.25, -0.2) is 0 Å². The molecule has 38 heavy (non-hydrogen) atoms. The van der Waals surface area contributed by atoms with E-state index in [2.05, 4.69) is 10.6 Å². The summed E-state index contributed by atoms with van der Waals surface area (Å²) in [6.07, 6.45) is 8.41. The number of ether oxygens (including phenoxy) is 2. The number of rotatable bonds is 8. The highest BCUT2D eigenvalue weighted by atomic mass is 32.1. The van der Waals surface area contributed by atoms with Crippen molar-refractivity contribution in [2.45, 2.75) is 69.4 Å². The molecular weight excluding hydrogens is 502 g/mol. The molecule has 2 aromatic rings. The van der Waals surface area contributed by atoms with Gasteiger partial charge in [-0.3, -0.25) is 14.4 Å². The van der Waals surface area contributed by atoms with Gasteiger partial charge in [-0.2, -0.15) is 0 Å². The minimum atomic E-state index is -1.15. The fourth-order valence-electron chi connectivity index (χ4n) is 6.56. The number of likely N-dealkylation sites (tertiary alicyclic amines) is 1. The Kier molecular flexibility index (Phi) is 6.74. The van der Waals surface area contributed by atoms with Crippen molar-refractivity contribution in [2.24, 2.45) is 11.8 Å². The van der Waals surface area contributed by atoms with Crippen molar-refractivity contribution in [1.82, 2.24) is 10.2 Å². The number of hydrogen-bond donors (Lipinski definition) is 2. The Bertz CT molecular complexity index is 1220. The SMILES string of the molecule is CCOc1ccc(NC(=O)[C@H]2[C@@H]3C=C[C@]4(O3)[C@@H]2C(=O)N(Cc2cccs2)[C@@H]4C(=O)NC2CCCCC2)cc1. The third kappa shape index (κ3) is 4.31. The normalized spacial score (nSPS) is 29.9. The lowest BCUT2D eigenvalue weighted by Crippen LogP contribution is -2.56. The predicted octanol–water partition coefficient (Wildman–Crippen LogP) is 3.89. The summed E-state index contributed by atoms with van der Waals surface area (Å²) >= 11 is 1.55. The molecule has 3 aliphatic heterocycles. The summed E-state index contributed by atoms with van der Waals surface area (Å²) in [6.45, 7) is 2.78. The number of carbonyl (C=O) groups excluding carboxylic acids is 3. The van der Waals surface area contributed by atoms with Crippen molar-refractivity contribution >= 4 is 34.7 Å². The van der Waals surface area contributed by atoms with Gasteiger partial charge in [-0.15, -0.1) is 11.3 Å². The molecule has 3 fully saturated rings. The lowest BCUT2D eigenvalue weighted by molar-refractivity contribution is -0.142. The minimum absolute atomic E-state index is 0.103. The van der Waals surface area contributed by atoms with Crippen LogP contribution in [0, 0.1) is 11.8 Å². The average Bonchev–Trinajstić information content (AvgIpc) is 3.69. The summed E-state index contributed by atoms with van der Waals surface area (Å²) in [5, 5.41) is 8.14. The van der Waals surface area contributed by atoms with Crippen LogP contribution < -0.4 is 15.4 Å². The molecule has 1 aliphatic carbocycles. The molecule has 9 heteroatoms. The molecule has 1 saturated carbocycles. The summed E-state index contributed by atoms with van der Waals surface area (Å²) in [4.78, 5) is 44.1. The van der Waals surface area contributed by atoms with Gasteiger partial charge in [0.2, 0.25) is 17.7 Å². The predicted molar refractivity (Wildman–Crippen MR) is 144 cm³/mol. The quantitative estimate of drug-likeness (QED) is 0.500. The number of amides is 3. The largest absolute Gasteiger partial charge is 0.494 e. The average molecular weight is 536 g/mol. The van der Waals surface area contributed by atoms with Crippen LogP contribution in [0.25, 0.3) is 0 Å². The summed E-state index contributed by atoms with van der Waals surface area (Å²) in [7, 11) is 0. The summed E-state index contributed by atoms with van der Waals surface area (Å²) in [5.74, 6) is -1.45. The Morgan fingerprint density at radius 1 is 1.13 bits per heavy atom. The van der Waals surface area contributed by atoms with Crippen LogP contribution in [0.15, 0.2) is 53.9 Å². The Morgan fingerprint density at radius 3 is 2.63 bits per heavy atom. The van der Waals surface area contributed by atoms with Crippen LogP contribution in [-0.2, 0) is 25.7 Å². The fourth-order valence-corrected chi connectivity index (χ4v) is 7.26. The first-order valence-electron chi connectivity index (χ1n) is 13.5. The third-order valence-corrected chi connectivity index (χ3v) is 9.08. The zero-order valence-electron chi connectivity index (χ0n) is 21.4. The van der Waals surface area contributed by atoms with Gasteiger partial charge in [0, 0.05) is 16.6 Å². The zero-order valence-corrected chi connectivity index (χ0v) is 22.2. The van der Waals surface area contributed by atoms with Crippen LogP contribution in [0.3, 0.4) is 0 Å². The van der Waals surface area contributed by atoms with Crippen LogP contribution in [0.5, 0.6) is 5.75 Å². The third-order valence-electron chi connectivity index (χ3n) is 8.22. The second-order valence-corrected chi connectivity index (χ2v) is 11.6. The van der Waals surface area contributed by atoms with Crippen molar-refractivity contribution < 1.29 is 23.9 Å². The molecule has 1 spiro atoms.